The van der Waals surface area contributed by atoms with E-state index in [0.717, 1.165) is 19.4 Å². The topological polar surface area (TPSA) is 86.7 Å². The molecule has 2 aliphatic rings. The molecule has 6 heteroatoms. The minimum Gasteiger partial charge on any atom is -0.481 e. The first-order chi connectivity index (χ1) is 9.97. The zero-order chi connectivity index (χ0) is 15.4. The summed E-state index contributed by atoms with van der Waals surface area (Å²) in [6.07, 6.45) is 3.12. The molecule has 2 heterocycles. The molecule has 2 fully saturated rings. The fourth-order valence-corrected chi connectivity index (χ4v) is 3.32. The molecule has 3 atom stereocenters. The van der Waals surface area contributed by atoms with E-state index in [1.54, 1.807) is 0 Å². The van der Waals surface area contributed by atoms with E-state index in [9.17, 15) is 14.4 Å². The molecule has 0 aromatic heterocycles. The molecule has 0 spiro atoms. The van der Waals surface area contributed by atoms with Crippen LogP contribution in [0.2, 0.25) is 0 Å². The molecular formula is C15H24N2O4. The number of carbonyl (C=O) groups is 3. The summed E-state index contributed by atoms with van der Waals surface area (Å²) in [7, 11) is 0. The second-order valence-electron chi connectivity index (χ2n) is 6.30. The first kappa shape index (κ1) is 15.8. The highest BCUT2D eigenvalue weighted by Crippen LogP contribution is 2.27. The number of amides is 2. The summed E-state index contributed by atoms with van der Waals surface area (Å²) < 4.78 is 0. The highest BCUT2D eigenvalue weighted by molar-refractivity contribution is 5.83. The average molecular weight is 296 g/mol. The van der Waals surface area contributed by atoms with E-state index < -0.39 is 5.97 Å². The van der Waals surface area contributed by atoms with Crippen molar-refractivity contribution in [2.45, 2.75) is 39.0 Å². The molecule has 0 bridgehead atoms. The molecule has 0 aromatic carbocycles. The standard InChI is InChI=1S/C15H24N2O4/c1-10(7-14(19)20)12-3-2-6-17(9-12)15(21)11-4-5-13(18)16-8-11/h10-12H,2-9H2,1H3,(H,16,18)(H,19,20). The maximum absolute atomic E-state index is 12.5. The average Bonchev–Trinajstić information content (AvgIpc) is 2.47. The Labute approximate surface area is 124 Å². The quantitative estimate of drug-likeness (QED) is 0.805. The minimum atomic E-state index is -0.777. The van der Waals surface area contributed by atoms with Gasteiger partial charge in [-0.3, -0.25) is 14.4 Å². The third-order valence-corrected chi connectivity index (χ3v) is 4.69. The molecule has 0 aromatic rings. The van der Waals surface area contributed by atoms with Crippen LogP contribution in [0.1, 0.15) is 39.0 Å². The van der Waals surface area contributed by atoms with Gasteiger partial charge in [0.05, 0.1) is 5.92 Å². The van der Waals surface area contributed by atoms with Gasteiger partial charge in [-0.2, -0.15) is 0 Å². The van der Waals surface area contributed by atoms with Gasteiger partial charge >= 0.3 is 5.97 Å². The van der Waals surface area contributed by atoms with Crippen LogP contribution in [-0.2, 0) is 14.4 Å². The van der Waals surface area contributed by atoms with Crippen LogP contribution in [0.3, 0.4) is 0 Å². The van der Waals surface area contributed by atoms with Crippen LogP contribution in [-0.4, -0.2) is 47.4 Å². The third kappa shape index (κ3) is 4.19. The van der Waals surface area contributed by atoms with E-state index in [2.05, 4.69) is 5.32 Å². The van der Waals surface area contributed by atoms with Gasteiger partial charge in [0, 0.05) is 32.5 Å². The van der Waals surface area contributed by atoms with E-state index >= 15 is 0 Å². The SMILES string of the molecule is CC(CC(=O)O)C1CCCN(C(=O)C2CCC(=O)NC2)C1. The van der Waals surface area contributed by atoms with Crippen molar-refractivity contribution in [3.05, 3.63) is 0 Å². The molecule has 21 heavy (non-hydrogen) atoms. The number of hydrogen-bond donors (Lipinski definition) is 2. The number of rotatable bonds is 4. The number of piperidine rings is 2. The van der Waals surface area contributed by atoms with Gasteiger partial charge in [0.1, 0.15) is 0 Å². The molecule has 2 saturated heterocycles. The Morgan fingerprint density at radius 2 is 2.19 bits per heavy atom. The van der Waals surface area contributed by atoms with Crippen molar-refractivity contribution in [1.82, 2.24) is 10.2 Å². The normalized spacial score (nSPS) is 27.9. The fraction of sp³-hybridized carbons (Fsp3) is 0.800. The highest BCUT2D eigenvalue weighted by atomic mass is 16.4. The number of carbonyl (C=O) groups excluding carboxylic acids is 2. The number of aliphatic carboxylic acids is 1. The zero-order valence-electron chi connectivity index (χ0n) is 12.5. The van der Waals surface area contributed by atoms with E-state index in [1.807, 2.05) is 11.8 Å². The van der Waals surface area contributed by atoms with E-state index in [1.165, 1.54) is 0 Å². The highest BCUT2D eigenvalue weighted by Gasteiger charge is 2.33. The monoisotopic (exact) mass is 296 g/mol. The number of hydrogen-bond acceptors (Lipinski definition) is 3. The largest absolute Gasteiger partial charge is 0.481 e. The molecule has 0 saturated carbocycles. The van der Waals surface area contributed by atoms with Gasteiger partial charge in [-0.25, -0.2) is 0 Å². The lowest BCUT2D eigenvalue weighted by Gasteiger charge is -2.37. The van der Waals surface area contributed by atoms with Gasteiger partial charge in [0.25, 0.3) is 0 Å². The summed E-state index contributed by atoms with van der Waals surface area (Å²) in [5.74, 6) is -0.411. The van der Waals surface area contributed by atoms with Crippen molar-refractivity contribution < 1.29 is 19.5 Å². The summed E-state index contributed by atoms with van der Waals surface area (Å²) in [5.41, 5.74) is 0. The van der Waals surface area contributed by atoms with Crippen LogP contribution in [0, 0.1) is 17.8 Å². The van der Waals surface area contributed by atoms with Crippen molar-refractivity contribution in [3.63, 3.8) is 0 Å². The number of carboxylic acid groups (broad SMARTS) is 1. The predicted molar refractivity (Wildman–Crippen MR) is 76.5 cm³/mol. The van der Waals surface area contributed by atoms with Crippen molar-refractivity contribution in [2.24, 2.45) is 17.8 Å². The molecule has 0 radical (unpaired) electrons. The minimum absolute atomic E-state index is 0.0191. The van der Waals surface area contributed by atoms with Crippen molar-refractivity contribution >= 4 is 17.8 Å². The van der Waals surface area contributed by atoms with Crippen molar-refractivity contribution in [2.75, 3.05) is 19.6 Å². The van der Waals surface area contributed by atoms with Crippen LogP contribution < -0.4 is 5.32 Å². The lowest BCUT2D eigenvalue weighted by atomic mass is 9.84. The Bertz CT molecular complexity index is 414. The number of likely N-dealkylation sites (tertiary alicyclic amines) is 1. The number of nitrogens with zero attached hydrogens (tertiary/aromatic N) is 1. The zero-order valence-corrected chi connectivity index (χ0v) is 12.5. The second kappa shape index (κ2) is 6.91. The second-order valence-corrected chi connectivity index (χ2v) is 6.30. The van der Waals surface area contributed by atoms with Crippen LogP contribution in [0.25, 0.3) is 0 Å². The molecule has 2 amide bonds. The molecule has 118 valence electrons. The first-order valence-corrected chi connectivity index (χ1v) is 7.74. The Morgan fingerprint density at radius 3 is 2.81 bits per heavy atom. The molecular weight excluding hydrogens is 272 g/mol. The number of carboxylic acids is 1. The Balaban J connectivity index is 1.89. The van der Waals surface area contributed by atoms with Crippen molar-refractivity contribution in [1.29, 1.82) is 0 Å². The molecule has 6 nitrogen and oxygen atoms in total. The molecule has 2 aliphatic heterocycles. The van der Waals surface area contributed by atoms with Gasteiger partial charge in [-0.1, -0.05) is 6.92 Å². The summed E-state index contributed by atoms with van der Waals surface area (Å²) >= 11 is 0. The van der Waals surface area contributed by atoms with E-state index in [-0.39, 0.29) is 36.0 Å². The molecule has 2 N–H and O–H groups in total. The van der Waals surface area contributed by atoms with E-state index in [4.69, 9.17) is 5.11 Å². The summed E-state index contributed by atoms with van der Waals surface area (Å²) in [6.45, 7) is 3.79. The summed E-state index contributed by atoms with van der Waals surface area (Å²) in [6, 6.07) is 0. The summed E-state index contributed by atoms with van der Waals surface area (Å²) in [4.78, 5) is 36.4. The smallest absolute Gasteiger partial charge is 0.303 e. The lowest BCUT2D eigenvalue weighted by Crippen LogP contribution is -2.48. The molecule has 0 aliphatic carbocycles. The Morgan fingerprint density at radius 1 is 1.43 bits per heavy atom. The van der Waals surface area contributed by atoms with Gasteiger partial charge in [0.2, 0.25) is 11.8 Å². The lowest BCUT2D eigenvalue weighted by molar-refractivity contribution is -0.140. The van der Waals surface area contributed by atoms with Crippen LogP contribution in [0.5, 0.6) is 0 Å². The molecule has 2 rings (SSSR count). The van der Waals surface area contributed by atoms with Crippen LogP contribution in [0.4, 0.5) is 0 Å². The Hall–Kier alpha value is -1.59. The van der Waals surface area contributed by atoms with E-state index in [0.29, 0.717) is 25.9 Å². The van der Waals surface area contributed by atoms with Crippen LogP contribution >= 0.6 is 0 Å². The summed E-state index contributed by atoms with van der Waals surface area (Å²) in [5, 5.41) is 11.6. The van der Waals surface area contributed by atoms with Crippen LogP contribution in [0.15, 0.2) is 0 Å². The number of nitrogens with one attached hydrogen (secondary N) is 1. The maximum Gasteiger partial charge on any atom is 0.303 e. The predicted octanol–water partition coefficient (Wildman–Crippen LogP) is 0.862. The van der Waals surface area contributed by atoms with Crippen molar-refractivity contribution in [3.8, 4) is 0 Å². The first-order valence-electron chi connectivity index (χ1n) is 7.74. The van der Waals surface area contributed by atoms with Gasteiger partial charge in [-0.05, 0) is 31.1 Å². The van der Waals surface area contributed by atoms with Gasteiger partial charge in [0.15, 0.2) is 0 Å². The third-order valence-electron chi connectivity index (χ3n) is 4.69. The van der Waals surface area contributed by atoms with Gasteiger partial charge < -0.3 is 15.3 Å². The fourth-order valence-electron chi connectivity index (χ4n) is 3.32. The Kier molecular flexibility index (Phi) is 5.20. The van der Waals surface area contributed by atoms with Gasteiger partial charge in [-0.15, -0.1) is 0 Å². The maximum atomic E-state index is 12.5. The molecule has 3 unspecified atom stereocenters.